The SMILES string of the molecule is CCOC(=O)C1CCCC2(CC2)C1. The number of carbonyl (C=O) groups excluding carboxylic acids is 1. The van der Waals surface area contributed by atoms with E-state index in [1.54, 1.807) is 0 Å². The molecule has 2 fully saturated rings. The zero-order valence-corrected chi connectivity index (χ0v) is 8.34. The van der Waals surface area contributed by atoms with E-state index >= 15 is 0 Å². The van der Waals surface area contributed by atoms with Crippen LogP contribution in [0.1, 0.15) is 45.4 Å². The molecule has 0 saturated heterocycles. The lowest BCUT2D eigenvalue weighted by atomic mass is 9.79. The van der Waals surface area contributed by atoms with Crippen LogP contribution in [0.25, 0.3) is 0 Å². The summed E-state index contributed by atoms with van der Waals surface area (Å²) in [4.78, 5) is 11.5. The second-order valence-corrected chi connectivity index (χ2v) is 4.55. The highest BCUT2D eigenvalue weighted by Crippen LogP contribution is 2.57. The molecule has 0 aliphatic heterocycles. The third-order valence-electron chi connectivity index (χ3n) is 3.52. The van der Waals surface area contributed by atoms with Crippen molar-refractivity contribution in [2.24, 2.45) is 11.3 Å². The lowest BCUT2D eigenvalue weighted by Crippen LogP contribution is -2.25. The van der Waals surface area contributed by atoms with Crippen LogP contribution in [-0.4, -0.2) is 12.6 Å². The van der Waals surface area contributed by atoms with Crippen LogP contribution in [0.3, 0.4) is 0 Å². The molecule has 1 spiro atoms. The van der Waals surface area contributed by atoms with Crippen molar-refractivity contribution in [3.63, 3.8) is 0 Å². The van der Waals surface area contributed by atoms with Crippen molar-refractivity contribution < 1.29 is 9.53 Å². The Balaban J connectivity index is 1.88. The lowest BCUT2D eigenvalue weighted by molar-refractivity contribution is -0.149. The molecule has 0 aromatic carbocycles. The van der Waals surface area contributed by atoms with Gasteiger partial charge in [0.2, 0.25) is 0 Å². The summed E-state index contributed by atoms with van der Waals surface area (Å²) >= 11 is 0. The summed E-state index contributed by atoms with van der Waals surface area (Å²) in [5.74, 6) is 0.268. The van der Waals surface area contributed by atoms with Crippen LogP contribution in [0.2, 0.25) is 0 Å². The number of carbonyl (C=O) groups is 1. The van der Waals surface area contributed by atoms with E-state index in [9.17, 15) is 4.79 Å². The fraction of sp³-hybridized carbons (Fsp3) is 0.909. The van der Waals surface area contributed by atoms with Crippen molar-refractivity contribution in [2.45, 2.75) is 45.4 Å². The number of rotatable bonds is 2. The maximum Gasteiger partial charge on any atom is 0.308 e. The van der Waals surface area contributed by atoms with Gasteiger partial charge in [0.05, 0.1) is 12.5 Å². The summed E-state index contributed by atoms with van der Waals surface area (Å²) in [6.07, 6.45) is 7.44. The normalized spacial score (nSPS) is 30.1. The summed E-state index contributed by atoms with van der Waals surface area (Å²) in [6, 6.07) is 0. The molecule has 0 radical (unpaired) electrons. The molecule has 0 N–H and O–H groups in total. The van der Waals surface area contributed by atoms with Crippen LogP contribution in [0.5, 0.6) is 0 Å². The average Bonchev–Trinajstić information content (AvgIpc) is 2.85. The first kappa shape index (κ1) is 9.04. The number of esters is 1. The van der Waals surface area contributed by atoms with Crippen molar-refractivity contribution in [3.05, 3.63) is 0 Å². The second-order valence-electron chi connectivity index (χ2n) is 4.55. The van der Waals surface area contributed by atoms with Crippen LogP contribution in [-0.2, 0) is 9.53 Å². The second kappa shape index (κ2) is 3.32. The standard InChI is InChI=1S/C11H18O2/c1-2-13-10(12)9-4-3-5-11(8-9)6-7-11/h9H,2-8H2,1H3. The molecule has 2 aliphatic rings. The first-order chi connectivity index (χ1) is 6.26. The molecular formula is C11H18O2. The highest BCUT2D eigenvalue weighted by Gasteiger charge is 2.47. The first-order valence-electron chi connectivity index (χ1n) is 5.42. The molecule has 0 heterocycles. The van der Waals surface area contributed by atoms with Crippen LogP contribution in [0.4, 0.5) is 0 Å². The van der Waals surface area contributed by atoms with Gasteiger partial charge in [-0.25, -0.2) is 0 Å². The quantitative estimate of drug-likeness (QED) is 0.613. The Morgan fingerprint density at radius 2 is 2.23 bits per heavy atom. The van der Waals surface area contributed by atoms with Crippen molar-refractivity contribution in [1.29, 1.82) is 0 Å². The first-order valence-corrected chi connectivity index (χ1v) is 5.42. The average molecular weight is 182 g/mol. The van der Waals surface area contributed by atoms with Crippen molar-refractivity contribution >= 4 is 5.97 Å². The van der Waals surface area contributed by atoms with Gasteiger partial charge < -0.3 is 4.74 Å². The molecule has 2 saturated carbocycles. The zero-order valence-electron chi connectivity index (χ0n) is 8.34. The van der Waals surface area contributed by atoms with Gasteiger partial charge in [-0.2, -0.15) is 0 Å². The minimum absolute atomic E-state index is 0.0495. The Morgan fingerprint density at radius 3 is 2.85 bits per heavy atom. The molecule has 0 aromatic heterocycles. The van der Waals surface area contributed by atoms with E-state index in [4.69, 9.17) is 4.74 Å². The van der Waals surface area contributed by atoms with Crippen LogP contribution in [0.15, 0.2) is 0 Å². The molecule has 0 aromatic rings. The molecule has 1 unspecified atom stereocenters. The number of ether oxygens (including phenoxy) is 1. The molecule has 13 heavy (non-hydrogen) atoms. The third-order valence-corrected chi connectivity index (χ3v) is 3.52. The largest absolute Gasteiger partial charge is 0.466 e. The van der Waals surface area contributed by atoms with E-state index in [0.717, 1.165) is 12.8 Å². The Morgan fingerprint density at radius 1 is 1.46 bits per heavy atom. The van der Waals surface area contributed by atoms with Gasteiger partial charge in [0.1, 0.15) is 0 Å². The minimum Gasteiger partial charge on any atom is -0.466 e. The zero-order chi connectivity index (χ0) is 9.31. The monoisotopic (exact) mass is 182 g/mol. The number of hydrogen-bond acceptors (Lipinski definition) is 2. The highest BCUT2D eigenvalue weighted by atomic mass is 16.5. The predicted molar refractivity (Wildman–Crippen MR) is 50.3 cm³/mol. The molecule has 2 rings (SSSR count). The van der Waals surface area contributed by atoms with Gasteiger partial charge in [-0.1, -0.05) is 6.42 Å². The van der Waals surface area contributed by atoms with E-state index in [-0.39, 0.29) is 11.9 Å². The van der Waals surface area contributed by atoms with Crippen LogP contribution < -0.4 is 0 Å². The van der Waals surface area contributed by atoms with E-state index in [0.29, 0.717) is 12.0 Å². The third kappa shape index (κ3) is 1.87. The van der Waals surface area contributed by atoms with E-state index in [1.807, 2.05) is 6.92 Å². The Kier molecular flexibility index (Phi) is 2.31. The molecule has 1 atom stereocenters. The lowest BCUT2D eigenvalue weighted by Gasteiger charge is -2.27. The summed E-state index contributed by atoms with van der Waals surface area (Å²) in [7, 11) is 0. The van der Waals surface area contributed by atoms with Crippen LogP contribution in [0, 0.1) is 11.3 Å². The molecule has 74 valence electrons. The van der Waals surface area contributed by atoms with Crippen molar-refractivity contribution in [2.75, 3.05) is 6.61 Å². The Bertz CT molecular complexity index is 206. The van der Waals surface area contributed by atoms with Gasteiger partial charge in [-0.3, -0.25) is 4.79 Å². The van der Waals surface area contributed by atoms with Crippen molar-refractivity contribution in [3.8, 4) is 0 Å². The fourth-order valence-electron chi connectivity index (χ4n) is 2.54. The van der Waals surface area contributed by atoms with Gasteiger partial charge in [0, 0.05) is 0 Å². The fourth-order valence-corrected chi connectivity index (χ4v) is 2.54. The van der Waals surface area contributed by atoms with Gasteiger partial charge in [0.25, 0.3) is 0 Å². The molecule has 2 heteroatoms. The van der Waals surface area contributed by atoms with E-state index < -0.39 is 0 Å². The summed E-state index contributed by atoms with van der Waals surface area (Å²) in [5.41, 5.74) is 0.579. The van der Waals surface area contributed by atoms with Gasteiger partial charge in [0.15, 0.2) is 0 Å². The maximum absolute atomic E-state index is 11.5. The molecular weight excluding hydrogens is 164 g/mol. The maximum atomic E-state index is 11.5. The molecule has 2 aliphatic carbocycles. The van der Waals surface area contributed by atoms with Crippen molar-refractivity contribution in [1.82, 2.24) is 0 Å². The Labute approximate surface area is 79.7 Å². The van der Waals surface area contributed by atoms with E-state index in [1.165, 1.54) is 25.7 Å². The highest BCUT2D eigenvalue weighted by molar-refractivity contribution is 5.72. The van der Waals surface area contributed by atoms with Gasteiger partial charge >= 0.3 is 5.97 Å². The van der Waals surface area contributed by atoms with Crippen LogP contribution >= 0.6 is 0 Å². The summed E-state index contributed by atoms with van der Waals surface area (Å²) < 4.78 is 5.06. The molecule has 0 bridgehead atoms. The minimum atomic E-state index is 0.0495. The Hall–Kier alpha value is -0.530. The molecule has 0 amide bonds. The van der Waals surface area contributed by atoms with Gasteiger partial charge in [-0.05, 0) is 44.4 Å². The number of hydrogen-bond donors (Lipinski definition) is 0. The summed E-state index contributed by atoms with van der Waals surface area (Å²) in [6.45, 7) is 2.41. The smallest absolute Gasteiger partial charge is 0.308 e. The van der Waals surface area contributed by atoms with Gasteiger partial charge in [-0.15, -0.1) is 0 Å². The van der Waals surface area contributed by atoms with E-state index in [2.05, 4.69) is 0 Å². The topological polar surface area (TPSA) is 26.3 Å². The predicted octanol–water partition coefficient (Wildman–Crippen LogP) is 2.52. The molecule has 2 nitrogen and oxygen atoms in total. The summed E-state index contributed by atoms with van der Waals surface area (Å²) in [5, 5.41) is 0.